The summed E-state index contributed by atoms with van der Waals surface area (Å²) in [5, 5.41) is 4.84. The number of carbonyl (C=O) groups is 1. The van der Waals surface area contributed by atoms with Crippen molar-refractivity contribution in [1.29, 1.82) is 0 Å². The molecule has 4 nitrogen and oxygen atoms in total. The summed E-state index contributed by atoms with van der Waals surface area (Å²) in [6.07, 6.45) is 9.09. The van der Waals surface area contributed by atoms with E-state index >= 15 is 0 Å². The van der Waals surface area contributed by atoms with Gasteiger partial charge in [-0.25, -0.2) is 4.98 Å². The molecule has 0 aliphatic rings. The fourth-order valence-electron chi connectivity index (χ4n) is 1.55. The molecule has 0 fully saturated rings. The molecule has 17 heavy (non-hydrogen) atoms. The number of aromatic nitrogens is 2. The molecule has 0 atom stereocenters. The van der Waals surface area contributed by atoms with Crippen LogP contribution in [0.4, 0.5) is 0 Å². The van der Waals surface area contributed by atoms with E-state index in [4.69, 9.17) is 0 Å². The summed E-state index contributed by atoms with van der Waals surface area (Å²) in [6.45, 7) is 2.66. The average Bonchev–Trinajstić information content (AvgIpc) is 2.84. The summed E-state index contributed by atoms with van der Waals surface area (Å²) in [6, 6.07) is 0. The molecule has 2 heterocycles. The second-order valence-corrected chi connectivity index (χ2v) is 4.58. The molecule has 0 saturated heterocycles. The molecule has 2 aromatic heterocycles. The molecule has 2 rings (SSSR count). The molecule has 5 heteroatoms. The van der Waals surface area contributed by atoms with Gasteiger partial charge in [0.15, 0.2) is 4.96 Å². The lowest BCUT2D eigenvalue weighted by Gasteiger charge is -2.00. The van der Waals surface area contributed by atoms with Crippen molar-refractivity contribution >= 4 is 22.2 Å². The molecular formula is C12H15N3OS. The van der Waals surface area contributed by atoms with E-state index in [0.717, 1.165) is 17.1 Å². The molecule has 0 saturated carbocycles. The summed E-state index contributed by atoms with van der Waals surface area (Å²) in [7, 11) is 0. The number of carbonyl (C=O) groups excluding carboxylic acids is 1. The SMILES string of the molecule is C/C=C/CCNC(=O)Cc1cn2ccsc2n1. The van der Waals surface area contributed by atoms with Crippen LogP contribution < -0.4 is 5.32 Å². The van der Waals surface area contributed by atoms with Gasteiger partial charge in [-0.15, -0.1) is 11.3 Å². The fraction of sp³-hybridized carbons (Fsp3) is 0.333. The number of nitrogens with zero attached hydrogens (tertiary/aromatic N) is 2. The minimum Gasteiger partial charge on any atom is -0.355 e. The fourth-order valence-corrected chi connectivity index (χ4v) is 2.27. The third-order valence-corrected chi connectivity index (χ3v) is 3.12. The zero-order chi connectivity index (χ0) is 12.1. The van der Waals surface area contributed by atoms with Gasteiger partial charge in [0.05, 0.1) is 12.1 Å². The van der Waals surface area contributed by atoms with Crippen molar-refractivity contribution in [3.63, 3.8) is 0 Å². The van der Waals surface area contributed by atoms with Gasteiger partial charge in [-0.3, -0.25) is 9.20 Å². The van der Waals surface area contributed by atoms with Crippen LogP contribution in [0.5, 0.6) is 0 Å². The van der Waals surface area contributed by atoms with Crippen molar-refractivity contribution in [2.75, 3.05) is 6.54 Å². The number of hydrogen-bond donors (Lipinski definition) is 1. The van der Waals surface area contributed by atoms with E-state index in [1.54, 1.807) is 11.3 Å². The number of thiazole rings is 1. The number of rotatable bonds is 5. The summed E-state index contributed by atoms with van der Waals surface area (Å²) >= 11 is 1.57. The Kier molecular flexibility index (Phi) is 3.93. The maximum absolute atomic E-state index is 11.6. The van der Waals surface area contributed by atoms with Gasteiger partial charge >= 0.3 is 0 Å². The second kappa shape index (κ2) is 5.63. The molecular weight excluding hydrogens is 234 g/mol. The number of allylic oxidation sites excluding steroid dienone is 1. The van der Waals surface area contributed by atoms with Crippen molar-refractivity contribution in [1.82, 2.24) is 14.7 Å². The van der Waals surface area contributed by atoms with Gasteiger partial charge in [-0.1, -0.05) is 12.2 Å². The maximum atomic E-state index is 11.6. The molecule has 0 spiro atoms. The highest BCUT2D eigenvalue weighted by molar-refractivity contribution is 7.15. The Labute approximate surface area is 104 Å². The van der Waals surface area contributed by atoms with Crippen LogP contribution in [-0.2, 0) is 11.2 Å². The summed E-state index contributed by atoms with van der Waals surface area (Å²) < 4.78 is 1.94. The highest BCUT2D eigenvalue weighted by Crippen LogP contribution is 2.11. The van der Waals surface area contributed by atoms with Crippen molar-refractivity contribution in [3.8, 4) is 0 Å². The largest absolute Gasteiger partial charge is 0.355 e. The van der Waals surface area contributed by atoms with Crippen LogP contribution >= 0.6 is 11.3 Å². The minimum absolute atomic E-state index is 0.0280. The standard InChI is InChI=1S/C12H15N3OS/c1-2-3-4-5-13-11(16)8-10-9-15-6-7-17-12(15)14-10/h2-3,6-7,9H,4-5,8H2,1H3,(H,13,16)/b3-2+. The molecule has 1 N–H and O–H groups in total. The van der Waals surface area contributed by atoms with Crippen molar-refractivity contribution in [3.05, 3.63) is 35.6 Å². The summed E-state index contributed by atoms with van der Waals surface area (Å²) in [4.78, 5) is 16.9. The number of fused-ring (bicyclic) bond motifs is 1. The highest BCUT2D eigenvalue weighted by atomic mass is 32.1. The second-order valence-electron chi connectivity index (χ2n) is 3.71. The summed E-state index contributed by atoms with van der Waals surface area (Å²) in [5.74, 6) is 0.0280. The molecule has 0 radical (unpaired) electrons. The molecule has 0 aliphatic heterocycles. The molecule has 0 bridgehead atoms. The quantitative estimate of drug-likeness (QED) is 0.651. The monoisotopic (exact) mass is 249 g/mol. The molecule has 0 aliphatic carbocycles. The number of amides is 1. The normalized spacial score (nSPS) is 11.4. The lowest BCUT2D eigenvalue weighted by atomic mass is 10.3. The van der Waals surface area contributed by atoms with E-state index in [-0.39, 0.29) is 5.91 Å². The first-order valence-electron chi connectivity index (χ1n) is 5.58. The van der Waals surface area contributed by atoms with Gasteiger partial charge < -0.3 is 5.32 Å². The van der Waals surface area contributed by atoms with Crippen LogP contribution in [0.15, 0.2) is 29.9 Å². The van der Waals surface area contributed by atoms with Crippen molar-refractivity contribution < 1.29 is 4.79 Å². The van der Waals surface area contributed by atoms with E-state index in [1.807, 2.05) is 41.3 Å². The molecule has 2 aromatic rings. The third kappa shape index (κ3) is 3.17. The number of hydrogen-bond acceptors (Lipinski definition) is 3. The first kappa shape index (κ1) is 11.9. The van der Waals surface area contributed by atoms with Crippen LogP contribution in [-0.4, -0.2) is 21.8 Å². The third-order valence-electron chi connectivity index (χ3n) is 2.35. The van der Waals surface area contributed by atoms with Gasteiger partial charge in [0.1, 0.15) is 0 Å². The van der Waals surface area contributed by atoms with Crippen molar-refractivity contribution in [2.45, 2.75) is 19.8 Å². The topological polar surface area (TPSA) is 46.4 Å². The Hall–Kier alpha value is -1.62. The predicted octanol–water partition coefficient (Wildman–Crippen LogP) is 2.02. The van der Waals surface area contributed by atoms with E-state index in [9.17, 15) is 4.79 Å². The predicted molar refractivity (Wildman–Crippen MR) is 69.2 cm³/mol. The Balaban J connectivity index is 1.84. The average molecular weight is 249 g/mol. The Bertz CT molecular complexity index is 498. The van der Waals surface area contributed by atoms with E-state index in [1.165, 1.54) is 0 Å². The van der Waals surface area contributed by atoms with E-state index in [2.05, 4.69) is 10.3 Å². The van der Waals surface area contributed by atoms with Crippen molar-refractivity contribution in [2.24, 2.45) is 0 Å². The van der Waals surface area contributed by atoms with Gasteiger partial charge in [0, 0.05) is 24.3 Å². The number of imidazole rings is 1. The minimum atomic E-state index is 0.0280. The molecule has 0 unspecified atom stereocenters. The van der Waals surface area contributed by atoms with E-state index in [0.29, 0.717) is 13.0 Å². The van der Waals surface area contributed by atoms with E-state index < -0.39 is 0 Å². The highest BCUT2D eigenvalue weighted by Gasteiger charge is 2.07. The Morgan fingerprint density at radius 1 is 1.65 bits per heavy atom. The maximum Gasteiger partial charge on any atom is 0.226 e. The lowest BCUT2D eigenvalue weighted by Crippen LogP contribution is -2.25. The Morgan fingerprint density at radius 2 is 2.53 bits per heavy atom. The number of nitrogens with one attached hydrogen (secondary N) is 1. The lowest BCUT2D eigenvalue weighted by molar-refractivity contribution is -0.120. The first-order valence-corrected chi connectivity index (χ1v) is 6.46. The molecule has 0 aromatic carbocycles. The van der Waals surface area contributed by atoms with Gasteiger partial charge in [-0.2, -0.15) is 0 Å². The zero-order valence-electron chi connectivity index (χ0n) is 9.72. The van der Waals surface area contributed by atoms with Crippen LogP contribution in [0.2, 0.25) is 0 Å². The Morgan fingerprint density at radius 3 is 3.29 bits per heavy atom. The van der Waals surface area contributed by atoms with Gasteiger partial charge in [0.25, 0.3) is 0 Å². The summed E-state index contributed by atoms with van der Waals surface area (Å²) in [5.41, 5.74) is 0.820. The van der Waals surface area contributed by atoms with Crippen LogP contribution in [0, 0.1) is 0 Å². The first-order chi connectivity index (χ1) is 8.29. The molecule has 90 valence electrons. The van der Waals surface area contributed by atoms with Crippen LogP contribution in [0.1, 0.15) is 19.0 Å². The molecule has 1 amide bonds. The zero-order valence-corrected chi connectivity index (χ0v) is 10.5. The van der Waals surface area contributed by atoms with Crippen LogP contribution in [0.25, 0.3) is 4.96 Å². The smallest absolute Gasteiger partial charge is 0.226 e. The van der Waals surface area contributed by atoms with Gasteiger partial charge in [0.2, 0.25) is 5.91 Å². The van der Waals surface area contributed by atoms with Crippen LogP contribution in [0.3, 0.4) is 0 Å². The van der Waals surface area contributed by atoms with Gasteiger partial charge in [-0.05, 0) is 13.3 Å².